The Bertz CT molecular complexity index is 969. The third kappa shape index (κ3) is 3.04. The zero-order valence-electron chi connectivity index (χ0n) is 14.2. The van der Waals surface area contributed by atoms with Gasteiger partial charge in [0.15, 0.2) is 5.65 Å². The van der Waals surface area contributed by atoms with Gasteiger partial charge in [-0.25, -0.2) is 14.6 Å². The minimum atomic E-state index is 0.0649. The topological polar surface area (TPSA) is 82.9 Å². The molecule has 7 nitrogen and oxygen atoms in total. The van der Waals surface area contributed by atoms with Gasteiger partial charge in [-0.15, -0.1) is 0 Å². The zero-order valence-corrected chi connectivity index (χ0v) is 17.1. The molecule has 0 aliphatic carbocycles. The summed E-state index contributed by atoms with van der Waals surface area (Å²) in [4.78, 5) is 9.33. The number of nitriles is 1. The van der Waals surface area contributed by atoms with Crippen LogP contribution in [0.25, 0.3) is 22.1 Å². The lowest BCUT2D eigenvalue weighted by molar-refractivity contribution is 0.292. The van der Waals surface area contributed by atoms with Gasteiger partial charge < -0.3 is 10.1 Å². The van der Waals surface area contributed by atoms with E-state index in [4.69, 9.17) is 10.2 Å². The third-order valence-corrected chi connectivity index (χ3v) is 6.72. The molecule has 4 rings (SSSR count). The molecule has 0 unspecified atom stereocenters. The summed E-state index contributed by atoms with van der Waals surface area (Å²) in [6, 6.07) is 4.38. The maximum atomic E-state index is 9.50. The molecule has 0 atom stereocenters. The molecule has 4 heterocycles. The Morgan fingerprint density at radius 2 is 2.19 bits per heavy atom. The highest BCUT2D eigenvalue weighted by Crippen LogP contribution is 2.31. The molecular formula is C17H19IN6OS. The molecule has 0 saturated carbocycles. The van der Waals surface area contributed by atoms with Crippen LogP contribution in [0.5, 0.6) is 0 Å². The molecule has 1 fully saturated rings. The smallest absolute Gasteiger partial charge is 0.152 e. The minimum absolute atomic E-state index is 0.0649. The first-order chi connectivity index (χ1) is 12.8. The Labute approximate surface area is 167 Å². The highest BCUT2D eigenvalue weighted by atomic mass is 127. The monoisotopic (exact) mass is 482 g/mol. The van der Waals surface area contributed by atoms with E-state index in [9.17, 15) is 5.11 Å². The maximum Gasteiger partial charge on any atom is 0.152 e. The van der Waals surface area contributed by atoms with Crippen molar-refractivity contribution >= 4 is 52.4 Å². The van der Waals surface area contributed by atoms with Gasteiger partial charge in [-0.2, -0.15) is 5.26 Å². The molecule has 9 heteroatoms. The van der Waals surface area contributed by atoms with E-state index in [0.717, 1.165) is 53.8 Å². The molecule has 1 aliphatic rings. The average Bonchev–Trinajstić information content (AvgIpc) is 3.23. The van der Waals surface area contributed by atoms with Crippen molar-refractivity contribution in [2.24, 2.45) is 5.92 Å². The van der Waals surface area contributed by atoms with E-state index >= 15 is 0 Å². The van der Waals surface area contributed by atoms with E-state index in [1.165, 1.54) is 0 Å². The number of aliphatic hydroxyl groups is 1. The maximum absolute atomic E-state index is 9.50. The van der Waals surface area contributed by atoms with Crippen LogP contribution in [0.1, 0.15) is 25.1 Å². The van der Waals surface area contributed by atoms with E-state index < -0.39 is 0 Å². The van der Waals surface area contributed by atoms with Gasteiger partial charge in [0.1, 0.15) is 16.9 Å². The van der Waals surface area contributed by atoms with Gasteiger partial charge in [-0.1, -0.05) is 0 Å². The van der Waals surface area contributed by atoms with Crippen molar-refractivity contribution in [2.75, 3.05) is 24.7 Å². The summed E-state index contributed by atoms with van der Waals surface area (Å²) >= 11 is 2.25. The number of fused-ring (bicyclic) bond motifs is 3. The van der Waals surface area contributed by atoms with Crippen LogP contribution in [-0.4, -0.2) is 43.4 Å². The molecule has 0 aromatic carbocycles. The van der Waals surface area contributed by atoms with Gasteiger partial charge in [0.05, 0.1) is 18.9 Å². The number of hydrogen-bond acceptors (Lipinski definition) is 6. The standard InChI is InChI=1S/C17H19IN6OS/c18-26-23-9-4-13-16-14(11-20-17(13)23)21-15(5-10-25)24(16)22-7-2-12(1-6-19)3-8-22/h4,9,11-12,25H,1-3,5,7-8,10H2. The van der Waals surface area contributed by atoms with E-state index in [1.54, 1.807) is 9.12 Å². The predicted molar refractivity (Wildman–Crippen MR) is 112 cm³/mol. The van der Waals surface area contributed by atoms with Crippen molar-refractivity contribution < 1.29 is 5.11 Å². The van der Waals surface area contributed by atoms with Crippen molar-refractivity contribution in [1.82, 2.24) is 18.6 Å². The van der Waals surface area contributed by atoms with Gasteiger partial charge in [0.2, 0.25) is 0 Å². The van der Waals surface area contributed by atoms with Gasteiger partial charge in [0.25, 0.3) is 0 Å². The number of hydrogen-bond donors (Lipinski definition) is 1. The van der Waals surface area contributed by atoms with Crippen LogP contribution in [0.2, 0.25) is 0 Å². The fourth-order valence-corrected chi connectivity index (χ4v) is 5.00. The van der Waals surface area contributed by atoms with Crippen LogP contribution >= 0.6 is 30.3 Å². The molecular weight excluding hydrogens is 463 g/mol. The highest BCUT2D eigenvalue weighted by Gasteiger charge is 2.24. The summed E-state index contributed by atoms with van der Waals surface area (Å²) < 4.78 is 4.22. The number of piperidine rings is 1. The largest absolute Gasteiger partial charge is 0.396 e. The number of imidazole rings is 1. The van der Waals surface area contributed by atoms with Crippen LogP contribution in [0.3, 0.4) is 0 Å². The van der Waals surface area contributed by atoms with Crippen LogP contribution in [0.15, 0.2) is 18.5 Å². The minimum Gasteiger partial charge on any atom is -0.396 e. The Morgan fingerprint density at radius 1 is 1.38 bits per heavy atom. The Balaban J connectivity index is 1.82. The molecule has 1 saturated heterocycles. The van der Waals surface area contributed by atoms with Gasteiger partial charge in [0, 0.05) is 67.8 Å². The number of nitrogens with zero attached hydrogens (tertiary/aromatic N) is 6. The molecule has 136 valence electrons. The second kappa shape index (κ2) is 7.62. The predicted octanol–water partition coefficient (Wildman–Crippen LogP) is 3.03. The molecule has 26 heavy (non-hydrogen) atoms. The molecule has 0 radical (unpaired) electrons. The summed E-state index contributed by atoms with van der Waals surface area (Å²) in [5.41, 5.74) is 2.84. The van der Waals surface area contributed by atoms with Crippen LogP contribution in [0.4, 0.5) is 0 Å². The summed E-state index contributed by atoms with van der Waals surface area (Å²) in [5, 5.41) is 21.8. The first-order valence-corrected chi connectivity index (χ1v) is 12.0. The van der Waals surface area contributed by atoms with Crippen LogP contribution in [-0.2, 0) is 6.42 Å². The summed E-state index contributed by atoms with van der Waals surface area (Å²) in [6.07, 6.45) is 6.99. The SMILES string of the molecule is N#CCC1CCN(n2c(CCO)nc3cnc4c(ccn4SI)c32)CC1. The molecule has 3 aromatic heterocycles. The molecule has 0 amide bonds. The normalized spacial score (nSPS) is 15.8. The summed E-state index contributed by atoms with van der Waals surface area (Å²) in [6.45, 7) is 1.85. The molecule has 3 aromatic rings. The van der Waals surface area contributed by atoms with Gasteiger partial charge >= 0.3 is 0 Å². The lowest BCUT2D eigenvalue weighted by Crippen LogP contribution is -2.42. The lowest BCUT2D eigenvalue weighted by Gasteiger charge is -2.34. The second-order valence-corrected chi connectivity index (χ2v) is 8.23. The lowest BCUT2D eigenvalue weighted by atomic mass is 9.95. The molecule has 0 bridgehead atoms. The number of aromatic nitrogens is 4. The number of rotatable bonds is 5. The second-order valence-electron chi connectivity index (χ2n) is 6.51. The summed E-state index contributed by atoms with van der Waals surface area (Å²) in [5.74, 6) is 1.34. The van der Waals surface area contributed by atoms with Crippen molar-refractivity contribution in [3.05, 3.63) is 24.3 Å². The summed E-state index contributed by atoms with van der Waals surface area (Å²) in [7, 11) is 1.59. The first-order valence-electron chi connectivity index (χ1n) is 8.66. The van der Waals surface area contributed by atoms with E-state index in [2.05, 4.69) is 48.0 Å². The highest BCUT2D eigenvalue weighted by molar-refractivity contribution is 14.2. The quantitative estimate of drug-likeness (QED) is 0.564. The van der Waals surface area contributed by atoms with E-state index in [0.29, 0.717) is 18.8 Å². The van der Waals surface area contributed by atoms with Crippen molar-refractivity contribution in [2.45, 2.75) is 25.7 Å². The molecule has 1 aliphatic heterocycles. The van der Waals surface area contributed by atoms with Crippen molar-refractivity contribution in [1.29, 1.82) is 5.26 Å². The Kier molecular flexibility index (Phi) is 5.24. The van der Waals surface area contributed by atoms with Crippen molar-refractivity contribution in [3.8, 4) is 6.07 Å². The number of aliphatic hydroxyl groups excluding tert-OH is 1. The molecule has 1 N–H and O–H groups in total. The van der Waals surface area contributed by atoms with Crippen molar-refractivity contribution in [3.63, 3.8) is 0 Å². The Hall–Kier alpha value is -1.51. The average molecular weight is 482 g/mol. The van der Waals surface area contributed by atoms with E-state index in [-0.39, 0.29) is 6.61 Å². The van der Waals surface area contributed by atoms with Gasteiger partial charge in [-0.3, -0.25) is 3.97 Å². The first kappa shape index (κ1) is 17.9. The third-order valence-electron chi connectivity index (χ3n) is 5.00. The Morgan fingerprint density at radius 3 is 2.88 bits per heavy atom. The fourth-order valence-electron chi connectivity index (χ4n) is 3.73. The van der Waals surface area contributed by atoms with Crippen LogP contribution < -0.4 is 5.01 Å². The van der Waals surface area contributed by atoms with Gasteiger partial charge in [-0.05, 0) is 24.8 Å². The fraction of sp³-hybridized carbons (Fsp3) is 0.471. The number of halogens is 1. The number of pyridine rings is 1. The molecule has 0 spiro atoms. The zero-order chi connectivity index (χ0) is 18.1. The van der Waals surface area contributed by atoms with Crippen LogP contribution in [0, 0.1) is 17.2 Å². The van der Waals surface area contributed by atoms with E-state index in [1.807, 2.05) is 16.4 Å².